The first-order valence-corrected chi connectivity index (χ1v) is 10.3. The van der Waals surface area contributed by atoms with Gasteiger partial charge in [-0.05, 0) is 38.1 Å². The van der Waals surface area contributed by atoms with Crippen LogP contribution in [0.15, 0.2) is 76.9 Å². The normalized spacial score (nSPS) is 11.4. The Balaban J connectivity index is 2.23. The summed E-state index contributed by atoms with van der Waals surface area (Å²) in [6.07, 6.45) is 1.48. The Morgan fingerprint density at radius 3 is 2.21 bits per heavy atom. The van der Waals surface area contributed by atoms with Crippen molar-refractivity contribution in [3.8, 4) is 5.69 Å². The van der Waals surface area contributed by atoms with Crippen molar-refractivity contribution >= 4 is 15.7 Å². The van der Waals surface area contributed by atoms with Crippen LogP contribution in [0.3, 0.4) is 0 Å². The summed E-state index contributed by atoms with van der Waals surface area (Å²) in [4.78, 5) is 13.4. The Bertz CT molecular complexity index is 1160. The van der Waals surface area contributed by atoms with Crippen LogP contribution in [0.25, 0.3) is 5.69 Å². The molecule has 0 bridgehead atoms. The van der Waals surface area contributed by atoms with E-state index in [1.54, 1.807) is 55.1 Å². The highest BCUT2D eigenvalue weighted by Gasteiger charge is 2.30. The van der Waals surface area contributed by atoms with Gasteiger partial charge in [-0.15, -0.1) is 6.58 Å². The second-order valence-corrected chi connectivity index (χ2v) is 8.41. The summed E-state index contributed by atoms with van der Waals surface area (Å²) in [7, 11) is -2.19. The molecule has 0 unspecified atom stereocenters. The SMILES string of the molecule is C=CCN(c1c(C)n(C)n(-c2ccccc2)c1=O)S(=O)(=O)c1ccc(C)cc1. The molecule has 7 heteroatoms. The van der Waals surface area contributed by atoms with Gasteiger partial charge in [0.1, 0.15) is 5.69 Å². The third-order valence-corrected chi connectivity index (χ3v) is 6.46. The van der Waals surface area contributed by atoms with Crippen molar-refractivity contribution in [2.45, 2.75) is 18.7 Å². The zero-order valence-corrected chi connectivity index (χ0v) is 17.0. The van der Waals surface area contributed by atoms with E-state index in [2.05, 4.69) is 6.58 Å². The van der Waals surface area contributed by atoms with Crippen molar-refractivity contribution in [3.05, 3.63) is 88.9 Å². The number of aromatic nitrogens is 2. The maximum Gasteiger partial charge on any atom is 0.296 e. The van der Waals surface area contributed by atoms with Crippen LogP contribution in [0.1, 0.15) is 11.3 Å². The van der Waals surface area contributed by atoms with Crippen LogP contribution in [0.2, 0.25) is 0 Å². The Kier molecular flexibility index (Phi) is 5.29. The van der Waals surface area contributed by atoms with Crippen LogP contribution >= 0.6 is 0 Å². The smallest absolute Gasteiger partial charge is 0.283 e. The number of hydrogen-bond donors (Lipinski definition) is 0. The number of anilines is 1. The van der Waals surface area contributed by atoms with Crippen molar-refractivity contribution < 1.29 is 8.42 Å². The zero-order valence-electron chi connectivity index (χ0n) is 16.2. The van der Waals surface area contributed by atoms with Gasteiger partial charge in [0.15, 0.2) is 0 Å². The third kappa shape index (κ3) is 3.29. The van der Waals surface area contributed by atoms with E-state index in [-0.39, 0.29) is 17.1 Å². The Hall–Kier alpha value is -3.06. The van der Waals surface area contributed by atoms with E-state index < -0.39 is 15.6 Å². The highest BCUT2D eigenvalue weighted by molar-refractivity contribution is 7.92. The van der Waals surface area contributed by atoms with Gasteiger partial charge in [0.05, 0.1) is 22.8 Å². The van der Waals surface area contributed by atoms with E-state index in [0.29, 0.717) is 11.4 Å². The van der Waals surface area contributed by atoms with Crippen molar-refractivity contribution in [2.24, 2.45) is 7.05 Å². The van der Waals surface area contributed by atoms with Crippen LogP contribution in [-0.4, -0.2) is 24.3 Å². The molecule has 0 spiro atoms. The zero-order chi connectivity index (χ0) is 20.5. The standard InChI is InChI=1S/C21H23N3O3S/c1-5-15-23(28(26,27)19-13-11-16(2)12-14-19)20-17(3)22(4)24(21(20)25)18-9-7-6-8-10-18/h5-14H,1,15H2,2-4H3. The third-order valence-electron chi connectivity index (χ3n) is 4.68. The topological polar surface area (TPSA) is 64.3 Å². The molecule has 28 heavy (non-hydrogen) atoms. The van der Waals surface area contributed by atoms with Gasteiger partial charge < -0.3 is 0 Å². The van der Waals surface area contributed by atoms with E-state index in [4.69, 9.17) is 0 Å². The van der Waals surface area contributed by atoms with E-state index in [0.717, 1.165) is 9.87 Å². The van der Waals surface area contributed by atoms with E-state index >= 15 is 0 Å². The molecule has 0 aliphatic rings. The lowest BCUT2D eigenvalue weighted by molar-refractivity contribution is 0.592. The molecular weight excluding hydrogens is 374 g/mol. The molecule has 0 N–H and O–H groups in total. The lowest BCUT2D eigenvalue weighted by atomic mass is 10.2. The average molecular weight is 398 g/mol. The minimum atomic E-state index is -3.93. The van der Waals surface area contributed by atoms with Gasteiger partial charge >= 0.3 is 0 Å². The van der Waals surface area contributed by atoms with Gasteiger partial charge in [-0.3, -0.25) is 13.8 Å². The number of hydrogen-bond acceptors (Lipinski definition) is 3. The van der Waals surface area contributed by atoms with Gasteiger partial charge in [-0.25, -0.2) is 13.1 Å². The van der Waals surface area contributed by atoms with E-state index in [9.17, 15) is 13.2 Å². The number of benzene rings is 2. The lowest BCUT2D eigenvalue weighted by Crippen LogP contribution is -2.35. The number of sulfonamides is 1. The molecule has 146 valence electrons. The van der Waals surface area contributed by atoms with Crippen molar-refractivity contribution in [2.75, 3.05) is 10.8 Å². The van der Waals surface area contributed by atoms with Crippen LogP contribution in [0.5, 0.6) is 0 Å². The molecule has 2 aromatic carbocycles. The number of rotatable bonds is 6. The van der Waals surface area contributed by atoms with Crippen LogP contribution in [-0.2, 0) is 17.1 Å². The van der Waals surface area contributed by atoms with Crippen LogP contribution in [0.4, 0.5) is 5.69 Å². The molecule has 0 saturated heterocycles. The summed E-state index contributed by atoms with van der Waals surface area (Å²) in [5.74, 6) is 0. The van der Waals surface area contributed by atoms with Gasteiger partial charge in [0.25, 0.3) is 15.6 Å². The second-order valence-electron chi connectivity index (χ2n) is 6.55. The average Bonchev–Trinajstić information content (AvgIpc) is 2.89. The number of nitrogens with zero attached hydrogens (tertiary/aromatic N) is 3. The molecule has 0 radical (unpaired) electrons. The van der Waals surface area contributed by atoms with Crippen LogP contribution < -0.4 is 9.86 Å². The molecule has 0 aliphatic carbocycles. The quantitative estimate of drug-likeness (QED) is 0.600. The highest BCUT2D eigenvalue weighted by Crippen LogP contribution is 2.25. The maximum atomic E-state index is 13.3. The Labute approximate surface area is 165 Å². The van der Waals surface area contributed by atoms with Crippen molar-refractivity contribution in [1.29, 1.82) is 0 Å². The second kappa shape index (κ2) is 7.52. The molecule has 0 atom stereocenters. The molecule has 1 aromatic heterocycles. The number of aryl methyl sites for hydroxylation is 1. The molecule has 0 amide bonds. The first kappa shape index (κ1) is 19.7. The van der Waals surface area contributed by atoms with Crippen molar-refractivity contribution in [3.63, 3.8) is 0 Å². The number of para-hydroxylation sites is 1. The molecule has 0 fully saturated rings. The molecular formula is C21H23N3O3S. The summed E-state index contributed by atoms with van der Waals surface area (Å²) in [5.41, 5.74) is 1.88. The molecule has 3 aromatic rings. The summed E-state index contributed by atoms with van der Waals surface area (Å²) < 4.78 is 30.9. The lowest BCUT2D eigenvalue weighted by Gasteiger charge is -2.22. The van der Waals surface area contributed by atoms with E-state index in [1.807, 2.05) is 25.1 Å². The summed E-state index contributed by atoms with van der Waals surface area (Å²) in [5, 5.41) is 0. The summed E-state index contributed by atoms with van der Waals surface area (Å²) in [6.45, 7) is 7.28. The minimum absolute atomic E-state index is 0.00884. The monoisotopic (exact) mass is 397 g/mol. The predicted molar refractivity (Wildman–Crippen MR) is 112 cm³/mol. The Morgan fingerprint density at radius 2 is 1.64 bits per heavy atom. The van der Waals surface area contributed by atoms with Gasteiger partial charge in [0, 0.05) is 7.05 Å². The van der Waals surface area contributed by atoms with Gasteiger partial charge in [0.2, 0.25) is 0 Å². The van der Waals surface area contributed by atoms with Crippen molar-refractivity contribution in [1.82, 2.24) is 9.36 Å². The minimum Gasteiger partial charge on any atom is -0.283 e. The highest BCUT2D eigenvalue weighted by atomic mass is 32.2. The van der Waals surface area contributed by atoms with Gasteiger partial charge in [-0.1, -0.05) is 42.0 Å². The van der Waals surface area contributed by atoms with Crippen LogP contribution in [0, 0.1) is 13.8 Å². The maximum absolute atomic E-state index is 13.3. The molecule has 0 saturated carbocycles. The fraction of sp³-hybridized carbons (Fsp3) is 0.190. The first-order valence-electron chi connectivity index (χ1n) is 8.83. The molecule has 1 heterocycles. The largest absolute Gasteiger partial charge is 0.296 e. The molecule has 0 aliphatic heterocycles. The predicted octanol–water partition coefficient (Wildman–Crippen LogP) is 3.17. The fourth-order valence-electron chi connectivity index (χ4n) is 3.11. The van der Waals surface area contributed by atoms with E-state index in [1.165, 1.54) is 10.8 Å². The first-order chi connectivity index (χ1) is 13.3. The molecule has 3 rings (SSSR count). The molecule has 6 nitrogen and oxygen atoms in total. The fourth-order valence-corrected chi connectivity index (χ4v) is 4.59. The van der Waals surface area contributed by atoms with Gasteiger partial charge in [-0.2, -0.15) is 0 Å². The summed E-state index contributed by atoms with van der Waals surface area (Å²) >= 11 is 0. The Morgan fingerprint density at radius 1 is 1.04 bits per heavy atom. The summed E-state index contributed by atoms with van der Waals surface area (Å²) in [6, 6.07) is 15.7.